The number of amides is 2. The fraction of sp³-hybridized carbons (Fsp3) is 0.368. The van der Waals surface area contributed by atoms with Gasteiger partial charge in [0, 0.05) is 38.9 Å². The van der Waals surface area contributed by atoms with E-state index in [1.54, 1.807) is 29.3 Å². The number of nitrogens with zero attached hydrogens (tertiary/aromatic N) is 4. The van der Waals surface area contributed by atoms with E-state index in [2.05, 4.69) is 20.2 Å². The molecule has 7 heteroatoms. The Morgan fingerprint density at radius 3 is 2.50 bits per heavy atom. The second-order valence-electron chi connectivity index (χ2n) is 6.13. The molecule has 1 fully saturated rings. The summed E-state index contributed by atoms with van der Waals surface area (Å²) in [6.07, 6.45) is 2.62. The van der Waals surface area contributed by atoms with Crippen molar-refractivity contribution in [1.29, 1.82) is 0 Å². The van der Waals surface area contributed by atoms with Crippen molar-refractivity contribution >= 4 is 17.6 Å². The summed E-state index contributed by atoms with van der Waals surface area (Å²) in [5, 5.41) is 2.78. The van der Waals surface area contributed by atoms with Gasteiger partial charge in [-0.05, 0) is 30.7 Å². The third-order valence-corrected chi connectivity index (χ3v) is 4.28. The molecule has 3 rings (SSSR count). The Morgan fingerprint density at radius 2 is 1.81 bits per heavy atom. The number of rotatable bonds is 5. The average Bonchev–Trinajstić information content (AvgIpc) is 2.72. The van der Waals surface area contributed by atoms with Crippen LogP contribution in [0.2, 0.25) is 0 Å². The third kappa shape index (κ3) is 4.17. The summed E-state index contributed by atoms with van der Waals surface area (Å²) in [5.74, 6) is 0.532. The van der Waals surface area contributed by atoms with Gasteiger partial charge < -0.3 is 15.1 Å². The van der Waals surface area contributed by atoms with E-state index in [9.17, 15) is 9.59 Å². The standard InChI is InChI=1S/C19H23N5O2/c1-2-9-21-18(25)15-6-5-7-16(22-15)19(26)24-13-11-23(12-14-24)17-8-3-4-10-20-17/h3-8,10H,2,9,11-14H2,1H3,(H,21,25). The van der Waals surface area contributed by atoms with Crippen molar-refractivity contribution in [2.75, 3.05) is 37.6 Å². The first-order valence-electron chi connectivity index (χ1n) is 8.89. The molecule has 0 spiro atoms. The molecule has 1 aliphatic rings. The molecule has 26 heavy (non-hydrogen) atoms. The molecule has 0 atom stereocenters. The summed E-state index contributed by atoms with van der Waals surface area (Å²) in [4.78, 5) is 37.3. The molecular formula is C19H23N5O2. The number of carbonyl (C=O) groups excluding carboxylic acids is 2. The SMILES string of the molecule is CCCNC(=O)c1cccc(C(=O)N2CCN(c3ccccn3)CC2)n1. The quantitative estimate of drug-likeness (QED) is 0.883. The van der Waals surface area contributed by atoms with E-state index < -0.39 is 0 Å². The van der Waals surface area contributed by atoms with Gasteiger partial charge in [0.15, 0.2) is 0 Å². The minimum absolute atomic E-state index is 0.143. The zero-order valence-electron chi connectivity index (χ0n) is 14.9. The van der Waals surface area contributed by atoms with Crippen LogP contribution in [0.15, 0.2) is 42.6 Å². The maximum Gasteiger partial charge on any atom is 0.272 e. The number of piperazine rings is 1. The van der Waals surface area contributed by atoms with Crippen LogP contribution < -0.4 is 10.2 Å². The van der Waals surface area contributed by atoms with E-state index in [4.69, 9.17) is 0 Å². The first-order valence-corrected chi connectivity index (χ1v) is 8.89. The van der Waals surface area contributed by atoms with E-state index in [0.717, 1.165) is 25.3 Å². The van der Waals surface area contributed by atoms with Crippen LogP contribution in [0.4, 0.5) is 5.82 Å². The minimum atomic E-state index is -0.249. The van der Waals surface area contributed by atoms with Gasteiger partial charge >= 0.3 is 0 Å². The van der Waals surface area contributed by atoms with Crippen molar-refractivity contribution < 1.29 is 9.59 Å². The van der Waals surface area contributed by atoms with Crippen LogP contribution in [-0.2, 0) is 0 Å². The molecule has 0 radical (unpaired) electrons. The predicted molar refractivity (Wildman–Crippen MR) is 99.2 cm³/mol. The molecule has 3 heterocycles. The highest BCUT2D eigenvalue weighted by Crippen LogP contribution is 2.14. The Morgan fingerprint density at radius 1 is 1.04 bits per heavy atom. The molecule has 136 valence electrons. The largest absolute Gasteiger partial charge is 0.353 e. The average molecular weight is 353 g/mol. The first-order chi connectivity index (χ1) is 12.7. The minimum Gasteiger partial charge on any atom is -0.353 e. The van der Waals surface area contributed by atoms with Crippen LogP contribution in [0.1, 0.15) is 34.3 Å². The van der Waals surface area contributed by atoms with E-state index in [1.807, 2.05) is 25.1 Å². The van der Waals surface area contributed by atoms with E-state index >= 15 is 0 Å². The van der Waals surface area contributed by atoms with Crippen LogP contribution in [0, 0.1) is 0 Å². The number of hydrogen-bond donors (Lipinski definition) is 1. The molecule has 2 aromatic rings. The molecule has 1 aliphatic heterocycles. The topological polar surface area (TPSA) is 78.4 Å². The van der Waals surface area contributed by atoms with Gasteiger partial charge in [0.2, 0.25) is 0 Å². The lowest BCUT2D eigenvalue weighted by Crippen LogP contribution is -2.49. The monoisotopic (exact) mass is 353 g/mol. The molecule has 0 unspecified atom stereocenters. The van der Waals surface area contributed by atoms with Gasteiger partial charge in [-0.1, -0.05) is 19.1 Å². The summed E-state index contributed by atoms with van der Waals surface area (Å²) in [6, 6.07) is 10.8. The van der Waals surface area contributed by atoms with Crippen LogP contribution in [0.25, 0.3) is 0 Å². The highest BCUT2D eigenvalue weighted by Gasteiger charge is 2.24. The second kappa shape index (κ2) is 8.42. The molecule has 2 aromatic heterocycles. The van der Waals surface area contributed by atoms with Gasteiger partial charge in [0.25, 0.3) is 11.8 Å². The Kier molecular flexibility index (Phi) is 5.78. The van der Waals surface area contributed by atoms with Gasteiger partial charge in [-0.3, -0.25) is 9.59 Å². The molecule has 0 bridgehead atoms. The van der Waals surface area contributed by atoms with Crippen LogP contribution in [0.5, 0.6) is 0 Å². The normalized spacial score (nSPS) is 14.2. The second-order valence-corrected chi connectivity index (χ2v) is 6.13. The first kappa shape index (κ1) is 17.8. The molecule has 2 amide bonds. The zero-order valence-corrected chi connectivity index (χ0v) is 14.9. The van der Waals surface area contributed by atoms with Crippen LogP contribution >= 0.6 is 0 Å². The van der Waals surface area contributed by atoms with Gasteiger partial charge in [0.05, 0.1) is 0 Å². The maximum absolute atomic E-state index is 12.7. The highest BCUT2D eigenvalue weighted by molar-refractivity contribution is 5.96. The molecule has 0 aliphatic carbocycles. The van der Waals surface area contributed by atoms with Crippen molar-refractivity contribution in [2.45, 2.75) is 13.3 Å². The summed E-state index contributed by atoms with van der Waals surface area (Å²) < 4.78 is 0. The maximum atomic E-state index is 12.7. The van der Waals surface area contributed by atoms with Crippen molar-refractivity contribution in [3.05, 3.63) is 54.0 Å². The van der Waals surface area contributed by atoms with Crippen molar-refractivity contribution in [3.8, 4) is 0 Å². The van der Waals surface area contributed by atoms with E-state index in [0.29, 0.717) is 25.3 Å². The predicted octanol–water partition coefficient (Wildman–Crippen LogP) is 1.58. The Bertz CT molecular complexity index is 758. The molecule has 7 nitrogen and oxygen atoms in total. The number of pyridine rings is 2. The van der Waals surface area contributed by atoms with Crippen molar-refractivity contribution in [2.24, 2.45) is 0 Å². The fourth-order valence-corrected chi connectivity index (χ4v) is 2.85. The fourth-order valence-electron chi connectivity index (χ4n) is 2.85. The van der Waals surface area contributed by atoms with E-state index in [-0.39, 0.29) is 17.5 Å². The van der Waals surface area contributed by atoms with Crippen LogP contribution in [-0.4, -0.2) is 59.4 Å². The number of hydrogen-bond acceptors (Lipinski definition) is 5. The Hall–Kier alpha value is -2.96. The Labute approximate surface area is 153 Å². The van der Waals surface area contributed by atoms with Crippen molar-refractivity contribution in [3.63, 3.8) is 0 Å². The summed E-state index contributed by atoms with van der Waals surface area (Å²) >= 11 is 0. The lowest BCUT2D eigenvalue weighted by Gasteiger charge is -2.35. The van der Waals surface area contributed by atoms with Crippen LogP contribution in [0.3, 0.4) is 0 Å². The Balaban J connectivity index is 1.62. The third-order valence-electron chi connectivity index (χ3n) is 4.28. The summed E-state index contributed by atoms with van der Waals surface area (Å²) in [7, 11) is 0. The van der Waals surface area contributed by atoms with Gasteiger partial charge in [-0.15, -0.1) is 0 Å². The van der Waals surface area contributed by atoms with E-state index in [1.165, 1.54) is 0 Å². The molecule has 1 saturated heterocycles. The smallest absolute Gasteiger partial charge is 0.272 e. The molecule has 0 aromatic carbocycles. The van der Waals surface area contributed by atoms with Crippen molar-refractivity contribution in [1.82, 2.24) is 20.2 Å². The molecule has 1 N–H and O–H groups in total. The molecule has 0 saturated carbocycles. The number of anilines is 1. The van der Waals surface area contributed by atoms with Gasteiger partial charge in [-0.25, -0.2) is 9.97 Å². The van der Waals surface area contributed by atoms with Gasteiger partial charge in [0.1, 0.15) is 17.2 Å². The highest BCUT2D eigenvalue weighted by atomic mass is 16.2. The lowest BCUT2D eigenvalue weighted by molar-refractivity contribution is 0.0740. The number of aromatic nitrogens is 2. The zero-order chi connectivity index (χ0) is 18.4. The summed E-state index contributed by atoms with van der Waals surface area (Å²) in [5.41, 5.74) is 0.580. The lowest BCUT2D eigenvalue weighted by atomic mass is 10.2. The number of carbonyl (C=O) groups is 2. The number of nitrogens with one attached hydrogen (secondary N) is 1. The summed E-state index contributed by atoms with van der Waals surface area (Å²) in [6.45, 7) is 5.22. The van der Waals surface area contributed by atoms with Gasteiger partial charge in [-0.2, -0.15) is 0 Å². The molecular weight excluding hydrogens is 330 g/mol.